The molecule has 36 heavy (non-hydrogen) atoms. The van der Waals surface area contributed by atoms with E-state index in [0.29, 0.717) is 68.9 Å². The lowest BCUT2D eigenvalue weighted by molar-refractivity contribution is -0.384. The lowest BCUT2D eigenvalue weighted by atomic mass is 10.1. The molecule has 0 radical (unpaired) electrons. The van der Waals surface area contributed by atoms with E-state index in [-0.39, 0.29) is 23.1 Å². The van der Waals surface area contributed by atoms with Crippen LogP contribution in [0.25, 0.3) is 0 Å². The summed E-state index contributed by atoms with van der Waals surface area (Å²) in [7, 11) is 0. The van der Waals surface area contributed by atoms with Gasteiger partial charge in [-0.1, -0.05) is 25.4 Å². The summed E-state index contributed by atoms with van der Waals surface area (Å²) in [6, 6.07) is 9.74. The molecule has 2 aliphatic rings. The molecule has 0 aromatic heterocycles. The highest BCUT2D eigenvalue weighted by atomic mass is 35.5. The first kappa shape index (κ1) is 25.7. The third-order valence-corrected chi connectivity index (χ3v) is 6.72. The van der Waals surface area contributed by atoms with Crippen LogP contribution in [0, 0.1) is 16.0 Å². The van der Waals surface area contributed by atoms with Crippen LogP contribution in [0.3, 0.4) is 0 Å². The zero-order valence-corrected chi connectivity index (χ0v) is 21.2. The van der Waals surface area contributed by atoms with Crippen molar-refractivity contribution < 1.29 is 19.2 Å². The number of nitrogens with zero attached hydrogens (tertiary/aromatic N) is 4. The maximum Gasteiger partial charge on any atom is 0.293 e. The van der Waals surface area contributed by atoms with Crippen LogP contribution in [0.5, 0.6) is 0 Å². The van der Waals surface area contributed by atoms with Gasteiger partial charge in [0, 0.05) is 62.5 Å². The molecule has 0 atom stereocenters. The number of ether oxygens (including phenoxy) is 1. The number of rotatable bonds is 6. The van der Waals surface area contributed by atoms with Gasteiger partial charge >= 0.3 is 0 Å². The van der Waals surface area contributed by atoms with Crippen molar-refractivity contribution in [3.63, 3.8) is 0 Å². The number of nitro benzene ring substituents is 1. The van der Waals surface area contributed by atoms with E-state index in [0.717, 1.165) is 5.69 Å². The first-order valence-corrected chi connectivity index (χ1v) is 12.4. The van der Waals surface area contributed by atoms with Gasteiger partial charge in [0.25, 0.3) is 11.6 Å². The van der Waals surface area contributed by atoms with Gasteiger partial charge in [-0.3, -0.25) is 19.7 Å². The summed E-state index contributed by atoms with van der Waals surface area (Å²) < 4.78 is 5.32. The zero-order valence-electron chi connectivity index (χ0n) is 20.4. The topological polar surface area (TPSA) is 108 Å². The minimum atomic E-state index is -0.471. The van der Waals surface area contributed by atoms with Gasteiger partial charge in [-0.2, -0.15) is 0 Å². The molecule has 0 spiro atoms. The highest BCUT2D eigenvalue weighted by molar-refractivity contribution is 6.33. The number of carbonyl (C=O) groups is 2. The molecule has 2 saturated heterocycles. The minimum absolute atomic E-state index is 0.0277. The second kappa shape index (κ2) is 11.1. The van der Waals surface area contributed by atoms with Crippen LogP contribution in [0.2, 0.25) is 5.02 Å². The summed E-state index contributed by atoms with van der Waals surface area (Å²) in [5, 5.41) is 14.9. The lowest BCUT2D eigenvalue weighted by Gasteiger charge is -2.37. The summed E-state index contributed by atoms with van der Waals surface area (Å²) >= 11 is 6.54. The Morgan fingerprint density at radius 3 is 2.22 bits per heavy atom. The molecular weight excluding hydrogens is 486 g/mol. The molecule has 2 heterocycles. The van der Waals surface area contributed by atoms with E-state index < -0.39 is 10.8 Å². The molecule has 0 bridgehead atoms. The number of amides is 2. The number of hydrogen-bond acceptors (Lipinski definition) is 7. The van der Waals surface area contributed by atoms with E-state index in [2.05, 4.69) is 10.2 Å². The van der Waals surface area contributed by atoms with Crippen molar-refractivity contribution in [2.75, 3.05) is 67.6 Å². The molecule has 0 unspecified atom stereocenters. The number of piperazine rings is 1. The van der Waals surface area contributed by atoms with Crippen LogP contribution in [-0.4, -0.2) is 74.1 Å². The largest absolute Gasteiger partial charge is 0.378 e. The molecule has 0 saturated carbocycles. The smallest absolute Gasteiger partial charge is 0.293 e. The van der Waals surface area contributed by atoms with E-state index in [9.17, 15) is 19.7 Å². The fourth-order valence-corrected chi connectivity index (χ4v) is 4.76. The molecule has 1 N–H and O–H groups in total. The summed E-state index contributed by atoms with van der Waals surface area (Å²) in [6.45, 7) is 8.51. The molecule has 2 aromatic rings. The fraction of sp³-hybridized carbons (Fsp3) is 0.440. The quantitative estimate of drug-likeness (QED) is 0.462. The number of benzene rings is 2. The maximum atomic E-state index is 12.9. The number of nitrogens with one attached hydrogen (secondary N) is 1. The van der Waals surface area contributed by atoms with Crippen LogP contribution in [0.1, 0.15) is 24.2 Å². The van der Waals surface area contributed by atoms with Crippen LogP contribution >= 0.6 is 11.6 Å². The Morgan fingerprint density at radius 2 is 1.61 bits per heavy atom. The molecule has 2 aromatic carbocycles. The second-order valence-electron chi connectivity index (χ2n) is 9.15. The summed E-state index contributed by atoms with van der Waals surface area (Å²) in [5.74, 6) is -0.340. The van der Waals surface area contributed by atoms with Crippen molar-refractivity contribution in [3.05, 3.63) is 57.1 Å². The maximum absolute atomic E-state index is 12.9. The molecule has 0 aliphatic carbocycles. The van der Waals surface area contributed by atoms with Gasteiger partial charge in [-0.15, -0.1) is 0 Å². The van der Waals surface area contributed by atoms with Crippen molar-refractivity contribution in [2.45, 2.75) is 13.8 Å². The molecule has 2 amide bonds. The Hall–Kier alpha value is -3.37. The van der Waals surface area contributed by atoms with E-state index in [1.165, 1.54) is 6.07 Å². The third-order valence-electron chi connectivity index (χ3n) is 6.42. The molecule has 2 aliphatic heterocycles. The van der Waals surface area contributed by atoms with Gasteiger partial charge in [0.15, 0.2) is 0 Å². The van der Waals surface area contributed by atoms with Gasteiger partial charge in [0.05, 0.1) is 28.8 Å². The van der Waals surface area contributed by atoms with Crippen LogP contribution in [0.15, 0.2) is 36.4 Å². The van der Waals surface area contributed by atoms with Crippen LogP contribution in [0.4, 0.5) is 22.7 Å². The van der Waals surface area contributed by atoms with Gasteiger partial charge < -0.3 is 24.8 Å². The molecular formula is C25H30ClN5O5. The molecule has 192 valence electrons. The van der Waals surface area contributed by atoms with E-state index in [4.69, 9.17) is 16.3 Å². The molecule has 11 heteroatoms. The predicted molar refractivity (Wildman–Crippen MR) is 139 cm³/mol. The normalized spacial score (nSPS) is 16.3. The van der Waals surface area contributed by atoms with Crippen LogP contribution in [-0.2, 0) is 9.53 Å². The average Bonchev–Trinajstić information content (AvgIpc) is 2.88. The highest BCUT2D eigenvalue weighted by Gasteiger charge is 2.25. The number of morpholine rings is 1. The first-order chi connectivity index (χ1) is 17.2. The lowest BCUT2D eigenvalue weighted by Crippen LogP contribution is -2.50. The number of carbonyl (C=O) groups excluding carboxylic acids is 2. The van der Waals surface area contributed by atoms with Crippen molar-refractivity contribution >= 4 is 46.2 Å². The van der Waals surface area contributed by atoms with Crippen LogP contribution < -0.4 is 15.1 Å². The van der Waals surface area contributed by atoms with Gasteiger partial charge in [0.2, 0.25) is 5.91 Å². The average molecular weight is 516 g/mol. The SMILES string of the molecule is CC(C)C(=O)N1CCN(c2ccc(NC(=O)c3ccc(N4CCOCC4)c([N+](=O)[O-])c3)cc2Cl)CC1. The second-order valence-corrected chi connectivity index (χ2v) is 9.55. The van der Waals surface area contributed by atoms with E-state index in [1.807, 2.05) is 29.7 Å². The zero-order chi connectivity index (χ0) is 25.8. The van der Waals surface area contributed by atoms with Gasteiger partial charge in [-0.05, 0) is 30.3 Å². The van der Waals surface area contributed by atoms with Crippen molar-refractivity contribution in [1.29, 1.82) is 0 Å². The first-order valence-electron chi connectivity index (χ1n) is 12.0. The Morgan fingerprint density at radius 1 is 0.972 bits per heavy atom. The molecule has 4 rings (SSSR count). The van der Waals surface area contributed by atoms with E-state index >= 15 is 0 Å². The summed E-state index contributed by atoms with van der Waals surface area (Å²) in [5.41, 5.74) is 1.86. The van der Waals surface area contributed by atoms with Crippen molar-refractivity contribution in [3.8, 4) is 0 Å². The Labute approximate surface area is 214 Å². The van der Waals surface area contributed by atoms with Crippen molar-refractivity contribution in [1.82, 2.24) is 4.90 Å². The number of nitro groups is 1. The summed E-state index contributed by atoms with van der Waals surface area (Å²) in [6.07, 6.45) is 0. The standard InChI is InChI=1S/C25H30ClN5O5/c1-17(2)25(33)30-9-7-28(8-10-30)21-6-4-19(16-20(21)26)27-24(32)18-3-5-22(23(15-18)31(34)35)29-11-13-36-14-12-29/h3-6,15-17H,7-14H2,1-2H3,(H,27,32). The molecule has 10 nitrogen and oxygen atoms in total. The van der Waals surface area contributed by atoms with Crippen molar-refractivity contribution in [2.24, 2.45) is 5.92 Å². The van der Waals surface area contributed by atoms with Gasteiger partial charge in [0.1, 0.15) is 5.69 Å². The fourth-order valence-electron chi connectivity index (χ4n) is 4.46. The minimum Gasteiger partial charge on any atom is -0.378 e. The Balaban J connectivity index is 1.43. The Kier molecular flexibility index (Phi) is 7.95. The van der Waals surface area contributed by atoms with E-state index in [1.54, 1.807) is 24.3 Å². The number of anilines is 3. The summed E-state index contributed by atoms with van der Waals surface area (Å²) in [4.78, 5) is 42.2. The Bertz CT molecular complexity index is 1140. The third kappa shape index (κ3) is 5.71. The van der Waals surface area contributed by atoms with Gasteiger partial charge in [-0.25, -0.2) is 0 Å². The highest BCUT2D eigenvalue weighted by Crippen LogP contribution is 2.32. The number of halogens is 1. The molecule has 2 fully saturated rings. The predicted octanol–water partition coefficient (Wildman–Crippen LogP) is 3.64. The number of hydrogen-bond donors (Lipinski definition) is 1. The monoisotopic (exact) mass is 515 g/mol.